The highest BCUT2D eigenvalue weighted by Crippen LogP contribution is 2.10. The second-order valence-corrected chi connectivity index (χ2v) is 4.18. The van der Waals surface area contributed by atoms with Crippen molar-refractivity contribution in [3.05, 3.63) is 32.9 Å². The minimum Gasteiger partial charge on any atom is -0.448 e. The summed E-state index contributed by atoms with van der Waals surface area (Å²) in [5.74, 6) is 0. The Bertz CT molecular complexity index is 274. The fourth-order valence-corrected chi connectivity index (χ4v) is 1.26. The lowest BCUT2D eigenvalue weighted by Gasteiger charge is -1.86. The predicted molar refractivity (Wildman–Crippen MR) is 70.3 cm³/mol. The third-order valence-electron chi connectivity index (χ3n) is 1.41. The molecule has 3 nitrogen and oxygen atoms in total. The Morgan fingerprint density at radius 2 is 1.93 bits per heavy atom. The SMILES string of the molecule is C.Clc1ccc(I)cc1.O=C1NCCO1. The number of amides is 1. The van der Waals surface area contributed by atoms with E-state index in [4.69, 9.17) is 11.6 Å². The van der Waals surface area contributed by atoms with E-state index in [0.29, 0.717) is 13.2 Å². The number of hydrogen-bond acceptors (Lipinski definition) is 2. The lowest BCUT2D eigenvalue weighted by molar-refractivity contribution is 0.178. The first kappa shape index (κ1) is 14.5. The molecule has 0 aliphatic carbocycles. The number of carbonyl (C=O) groups excluding carboxylic acids is 1. The van der Waals surface area contributed by atoms with Crippen molar-refractivity contribution in [3.63, 3.8) is 0 Å². The van der Waals surface area contributed by atoms with Gasteiger partial charge in [0.2, 0.25) is 0 Å². The van der Waals surface area contributed by atoms with Crippen molar-refractivity contribution in [2.75, 3.05) is 13.2 Å². The van der Waals surface area contributed by atoms with Crippen molar-refractivity contribution >= 4 is 40.3 Å². The van der Waals surface area contributed by atoms with E-state index in [1.54, 1.807) is 0 Å². The zero-order chi connectivity index (χ0) is 10.4. The van der Waals surface area contributed by atoms with E-state index in [-0.39, 0.29) is 13.5 Å². The second-order valence-electron chi connectivity index (χ2n) is 2.50. The average molecular weight is 342 g/mol. The number of nitrogens with one attached hydrogen (secondary N) is 1. The van der Waals surface area contributed by atoms with Crippen molar-refractivity contribution < 1.29 is 9.53 Å². The quantitative estimate of drug-likeness (QED) is 0.735. The highest BCUT2D eigenvalue weighted by atomic mass is 127. The van der Waals surface area contributed by atoms with Crippen LogP contribution < -0.4 is 5.32 Å². The number of ether oxygens (including phenoxy) is 1. The van der Waals surface area contributed by atoms with E-state index >= 15 is 0 Å². The van der Waals surface area contributed by atoms with Crippen molar-refractivity contribution in [3.8, 4) is 0 Å². The van der Waals surface area contributed by atoms with E-state index in [1.165, 1.54) is 3.57 Å². The molecule has 1 aromatic carbocycles. The van der Waals surface area contributed by atoms with Crippen LogP contribution >= 0.6 is 34.2 Å². The van der Waals surface area contributed by atoms with Gasteiger partial charge in [-0.2, -0.15) is 0 Å². The molecule has 1 aromatic rings. The summed E-state index contributed by atoms with van der Waals surface area (Å²) < 4.78 is 5.62. The molecule has 1 heterocycles. The first-order chi connectivity index (χ1) is 6.68. The highest BCUT2D eigenvalue weighted by Gasteiger charge is 2.06. The van der Waals surface area contributed by atoms with Gasteiger partial charge in [0.05, 0.1) is 6.54 Å². The first-order valence-corrected chi connectivity index (χ1v) is 5.46. The number of carbonyl (C=O) groups is 1. The number of rotatable bonds is 0. The van der Waals surface area contributed by atoms with Crippen molar-refractivity contribution in [2.45, 2.75) is 7.43 Å². The Labute approximate surface area is 108 Å². The van der Waals surface area contributed by atoms with Crippen molar-refractivity contribution in [2.24, 2.45) is 0 Å². The lowest BCUT2D eigenvalue weighted by Crippen LogP contribution is -2.11. The van der Waals surface area contributed by atoms with Crippen LogP contribution in [0.2, 0.25) is 5.02 Å². The van der Waals surface area contributed by atoms with Crippen molar-refractivity contribution in [1.29, 1.82) is 0 Å². The van der Waals surface area contributed by atoms with Gasteiger partial charge in [-0.3, -0.25) is 0 Å². The molecule has 1 aliphatic rings. The molecule has 5 heteroatoms. The average Bonchev–Trinajstić information content (AvgIpc) is 2.63. The molecule has 15 heavy (non-hydrogen) atoms. The smallest absolute Gasteiger partial charge is 0.407 e. The zero-order valence-electron chi connectivity index (χ0n) is 7.30. The predicted octanol–water partition coefficient (Wildman–Crippen LogP) is 3.31. The van der Waals surface area contributed by atoms with E-state index < -0.39 is 0 Å². The summed E-state index contributed by atoms with van der Waals surface area (Å²) >= 11 is 7.85. The summed E-state index contributed by atoms with van der Waals surface area (Å²) in [6.07, 6.45) is -0.296. The summed E-state index contributed by atoms with van der Waals surface area (Å²) in [7, 11) is 0. The van der Waals surface area contributed by atoms with Crippen LogP contribution in [0.4, 0.5) is 4.79 Å². The van der Waals surface area contributed by atoms with Crippen LogP contribution in [0.5, 0.6) is 0 Å². The number of benzene rings is 1. The number of hydrogen-bond donors (Lipinski definition) is 1. The fourth-order valence-electron chi connectivity index (χ4n) is 0.777. The summed E-state index contributed by atoms with van der Waals surface area (Å²) in [6.45, 7) is 1.19. The van der Waals surface area contributed by atoms with Crippen LogP contribution in [0.3, 0.4) is 0 Å². The van der Waals surface area contributed by atoms with Gasteiger partial charge < -0.3 is 10.1 Å². The van der Waals surface area contributed by atoms with Gasteiger partial charge in [0, 0.05) is 8.59 Å². The molecule has 0 spiro atoms. The number of alkyl carbamates (subject to hydrolysis) is 1. The molecule has 0 atom stereocenters. The summed E-state index contributed by atoms with van der Waals surface area (Å²) in [6, 6.07) is 7.71. The van der Waals surface area contributed by atoms with Gasteiger partial charge in [-0.25, -0.2) is 4.79 Å². The fraction of sp³-hybridized carbons (Fsp3) is 0.300. The lowest BCUT2D eigenvalue weighted by atomic mass is 10.4. The van der Waals surface area contributed by atoms with Crippen LogP contribution in [0.1, 0.15) is 7.43 Å². The molecule has 1 fully saturated rings. The first-order valence-electron chi connectivity index (χ1n) is 4.00. The molecule has 0 unspecified atom stereocenters. The standard InChI is InChI=1S/C6H4ClI.C3H5NO2.CH4/c7-5-1-3-6(8)4-2-5;5-3-4-1-2-6-3;/h1-4H;1-2H2,(H,4,5);1H4. The summed E-state index contributed by atoms with van der Waals surface area (Å²) in [5.41, 5.74) is 0. The Morgan fingerprint density at radius 3 is 2.20 bits per heavy atom. The largest absolute Gasteiger partial charge is 0.448 e. The number of halogens is 2. The maximum atomic E-state index is 9.91. The molecule has 84 valence electrons. The van der Waals surface area contributed by atoms with Crippen molar-refractivity contribution in [1.82, 2.24) is 5.32 Å². The normalized spacial score (nSPS) is 12.8. The Balaban J connectivity index is 0.000000253. The molecular weight excluding hydrogens is 328 g/mol. The van der Waals surface area contributed by atoms with Gasteiger partial charge in [-0.05, 0) is 46.9 Å². The Hall–Kier alpha value is -0.490. The van der Waals surface area contributed by atoms with Gasteiger partial charge >= 0.3 is 6.09 Å². The van der Waals surface area contributed by atoms with E-state index in [1.807, 2.05) is 24.3 Å². The van der Waals surface area contributed by atoms with E-state index in [2.05, 4.69) is 32.6 Å². The molecule has 1 saturated heterocycles. The van der Waals surface area contributed by atoms with Gasteiger partial charge in [0.1, 0.15) is 6.61 Å². The molecule has 2 rings (SSSR count). The third-order valence-corrected chi connectivity index (χ3v) is 2.38. The molecular formula is C10H13ClINO2. The number of cyclic esters (lactones) is 1. The minimum atomic E-state index is -0.296. The van der Waals surface area contributed by atoms with Gasteiger partial charge in [0.15, 0.2) is 0 Å². The monoisotopic (exact) mass is 341 g/mol. The Kier molecular flexibility index (Phi) is 7.50. The molecule has 0 aromatic heterocycles. The minimum absolute atomic E-state index is 0. The molecule has 1 N–H and O–H groups in total. The van der Waals surface area contributed by atoms with Gasteiger partial charge in [-0.1, -0.05) is 19.0 Å². The van der Waals surface area contributed by atoms with E-state index in [9.17, 15) is 4.79 Å². The molecule has 0 bridgehead atoms. The highest BCUT2D eigenvalue weighted by molar-refractivity contribution is 14.1. The Morgan fingerprint density at radius 1 is 1.33 bits per heavy atom. The van der Waals surface area contributed by atoms with Crippen LogP contribution in [0.15, 0.2) is 24.3 Å². The maximum Gasteiger partial charge on any atom is 0.407 e. The second kappa shape index (κ2) is 7.76. The molecule has 1 aliphatic heterocycles. The van der Waals surface area contributed by atoms with E-state index in [0.717, 1.165) is 5.02 Å². The van der Waals surface area contributed by atoms with Crippen LogP contribution in [-0.4, -0.2) is 19.2 Å². The molecule has 0 saturated carbocycles. The van der Waals surface area contributed by atoms with Gasteiger partial charge in [0.25, 0.3) is 0 Å². The summed E-state index contributed by atoms with van der Waals surface area (Å²) in [5, 5.41) is 3.26. The van der Waals surface area contributed by atoms with Crippen LogP contribution in [0, 0.1) is 3.57 Å². The third kappa shape index (κ3) is 6.57. The summed E-state index contributed by atoms with van der Waals surface area (Å²) in [4.78, 5) is 9.91. The zero-order valence-corrected chi connectivity index (χ0v) is 10.2. The maximum absolute atomic E-state index is 9.91. The van der Waals surface area contributed by atoms with Crippen LogP contribution in [0.25, 0.3) is 0 Å². The van der Waals surface area contributed by atoms with Crippen LogP contribution in [-0.2, 0) is 4.74 Å². The molecule has 1 amide bonds. The van der Waals surface area contributed by atoms with Gasteiger partial charge in [-0.15, -0.1) is 0 Å². The topological polar surface area (TPSA) is 38.3 Å². The molecule has 0 radical (unpaired) electrons.